The van der Waals surface area contributed by atoms with Gasteiger partial charge in [-0.2, -0.15) is 0 Å². The molecule has 0 bridgehead atoms. The van der Waals surface area contributed by atoms with Crippen LogP contribution in [0.3, 0.4) is 0 Å². The van der Waals surface area contributed by atoms with Crippen molar-refractivity contribution in [3.05, 3.63) is 12.2 Å². The number of Topliss-reactive ketones (excluding diaryl/α,β-unsaturated/α-hetero) is 1. The van der Waals surface area contributed by atoms with E-state index in [0.29, 0.717) is 12.2 Å². The third kappa shape index (κ3) is 7.31. The number of carbonyl (C=O) groups is 1. The van der Waals surface area contributed by atoms with Gasteiger partial charge in [0.25, 0.3) is 0 Å². The van der Waals surface area contributed by atoms with Gasteiger partial charge in [0, 0.05) is 12.8 Å². The molecule has 0 saturated heterocycles. The van der Waals surface area contributed by atoms with Gasteiger partial charge in [0.1, 0.15) is 5.78 Å². The molecule has 0 aromatic carbocycles. The molecule has 0 unspecified atom stereocenters. The fourth-order valence-electron chi connectivity index (χ4n) is 0.997. The summed E-state index contributed by atoms with van der Waals surface area (Å²) in [6.45, 7) is 7.75. The highest BCUT2D eigenvalue weighted by Crippen LogP contribution is 2.05. The van der Waals surface area contributed by atoms with Crippen molar-refractivity contribution in [1.82, 2.24) is 0 Å². The Morgan fingerprint density at radius 1 is 1.36 bits per heavy atom. The lowest BCUT2D eigenvalue weighted by Crippen LogP contribution is -1.97. The van der Waals surface area contributed by atoms with Crippen molar-refractivity contribution < 1.29 is 4.79 Å². The number of allylic oxidation sites excluding steroid dienone is 1. The molecule has 1 nitrogen and oxygen atoms in total. The van der Waals surface area contributed by atoms with Gasteiger partial charge in [-0.05, 0) is 13.3 Å². The molecule has 0 fully saturated rings. The third-order valence-electron chi connectivity index (χ3n) is 1.56. The standard InChI is InChI=1S/C10H18O/c1-4-5-6-7-10(11)8-9(2)3/h2,4-8H2,1,3H3. The zero-order valence-electron chi connectivity index (χ0n) is 7.65. The first-order valence-electron chi connectivity index (χ1n) is 4.33. The van der Waals surface area contributed by atoms with Crippen LogP contribution < -0.4 is 0 Å². The van der Waals surface area contributed by atoms with Crippen molar-refractivity contribution in [2.75, 3.05) is 0 Å². The van der Waals surface area contributed by atoms with E-state index in [1.807, 2.05) is 6.92 Å². The van der Waals surface area contributed by atoms with Gasteiger partial charge >= 0.3 is 0 Å². The fourth-order valence-corrected chi connectivity index (χ4v) is 0.997. The van der Waals surface area contributed by atoms with Crippen LogP contribution >= 0.6 is 0 Å². The summed E-state index contributed by atoms with van der Waals surface area (Å²) in [5, 5.41) is 0. The Morgan fingerprint density at radius 2 is 2.00 bits per heavy atom. The van der Waals surface area contributed by atoms with Gasteiger partial charge in [-0.15, -0.1) is 0 Å². The third-order valence-corrected chi connectivity index (χ3v) is 1.56. The number of unbranched alkanes of at least 4 members (excludes halogenated alkanes) is 2. The molecule has 0 rings (SSSR count). The maximum atomic E-state index is 11.1. The summed E-state index contributed by atoms with van der Waals surface area (Å²) in [5.41, 5.74) is 0.978. The highest BCUT2D eigenvalue weighted by molar-refractivity contribution is 5.80. The molecule has 0 spiro atoms. The average Bonchev–Trinajstić information content (AvgIpc) is 1.86. The molecule has 0 aliphatic carbocycles. The first-order valence-corrected chi connectivity index (χ1v) is 4.33. The second kappa shape index (κ2) is 6.14. The molecule has 0 aromatic heterocycles. The molecule has 11 heavy (non-hydrogen) atoms. The zero-order chi connectivity index (χ0) is 8.69. The quantitative estimate of drug-likeness (QED) is 0.424. The molecule has 0 aliphatic rings. The Hall–Kier alpha value is -0.590. The second-order valence-corrected chi connectivity index (χ2v) is 3.13. The van der Waals surface area contributed by atoms with Crippen molar-refractivity contribution in [1.29, 1.82) is 0 Å². The van der Waals surface area contributed by atoms with Crippen LogP contribution in [0.15, 0.2) is 12.2 Å². The minimum Gasteiger partial charge on any atom is -0.299 e. The summed E-state index contributed by atoms with van der Waals surface area (Å²) in [6, 6.07) is 0. The molecule has 0 aromatic rings. The van der Waals surface area contributed by atoms with Gasteiger partial charge in [0.05, 0.1) is 0 Å². The molecule has 0 radical (unpaired) electrons. The monoisotopic (exact) mass is 154 g/mol. The summed E-state index contributed by atoms with van der Waals surface area (Å²) in [7, 11) is 0. The van der Waals surface area contributed by atoms with Crippen molar-refractivity contribution in [2.45, 2.75) is 46.0 Å². The smallest absolute Gasteiger partial charge is 0.136 e. The van der Waals surface area contributed by atoms with E-state index in [1.54, 1.807) is 0 Å². The Balaban J connectivity index is 3.30. The fraction of sp³-hybridized carbons (Fsp3) is 0.700. The predicted octanol–water partition coefficient (Wildman–Crippen LogP) is 3.10. The van der Waals surface area contributed by atoms with Crippen LogP contribution in [0.1, 0.15) is 46.0 Å². The Kier molecular flexibility index (Phi) is 5.81. The first-order chi connectivity index (χ1) is 5.16. The lowest BCUT2D eigenvalue weighted by Gasteiger charge is -1.98. The molecule has 1 heteroatoms. The summed E-state index contributed by atoms with van der Waals surface area (Å²) in [4.78, 5) is 11.1. The van der Waals surface area contributed by atoms with Crippen LogP contribution in [0.4, 0.5) is 0 Å². The van der Waals surface area contributed by atoms with Crippen molar-refractivity contribution in [3.63, 3.8) is 0 Å². The minimum absolute atomic E-state index is 0.339. The van der Waals surface area contributed by atoms with Gasteiger partial charge in [0.15, 0.2) is 0 Å². The summed E-state index contributed by atoms with van der Waals surface area (Å²) < 4.78 is 0. The zero-order valence-corrected chi connectivity index (χ0v) is 7.65. The van der Waals surface area contributed by atoms with E-state index in [1.165, 1.54) is 12.8 Å². The molecular weight excluding hydrogens is 136 g/mol. The number of rotatable bonds is 6. The summed E-state index contributed by atoms with van der Waals surface area (Å²) in [6.07, 6.45) is 4.70. The number of hydrogen-bond donors (Lipinski definition) is 0. The van der Waals surface area contributed by atoms with Crippen molar-refractivity contribution in [2.24, 2.45) is 0 Å². The van der Waals surface area contributed by atoms with Crippen LogP contribution in [0, 0.1) is 0 Å². The molecular formula is C10H18O. The Labute approximate surface area is 69.5 Å². The van der Waals surface area contributed by atoms with Crippen LogP contribution in [0.25, 0.3) is 0 Å². The first kappa shape index (κ1) is 10.4. The van der Waals surface area contributed by atoms with E-state index in [-0.39, 0.29) is 0 Å². The second-order valence-electron chi connectivity index (χ2n) is 3.13. The van der Waals surface area contributed by atoms with Gasteiger partial charge in [-0.3, -0.25) is 4.79 Å². The van der Waals surface area contributed by atoms with Crippen molar-refractivity contribution >= 4 is 5.78 Å². The molecule has 0 heterocycles. The normalized spacial score (nSPS) is 9.64. The molecule has 64 valence electrons. The highest BCUT2D eigenvalue weighted by atomic mass is 16.1. The maximum Gasteiger partial charge on any atom is 0.136 e. The molecule has 0 N–H and O–H groups in total. The molecule has 0 atom stereocenters. The lowest BCUT2D eigenvalue weighted by molar-refractivity contribution is -0.118. The average molecular weight is 154 g/mol. The SMILES string of the molecule is C=C(C)CC(=O)CCCCC. The maximum absolute atomic E-state index is 11.1. The van der Waals surface area contributed by atoms with Gasteiger partial charge in [-0.1, -0.05) is 31.9 Å². The Bertz CT molecular complexity index is 136. The van der Waals surface area contributed by atoms with E-state index in [9.17, 15) is 4.79 Å². The van der Waals surface area contributed by atoms with Crippen LogP contribution in [-0.4, -0.2) is 5.78 Å². The van der Waals surface area contributed by atoms with Crippen LogP contribution in [-0.2, 0) is 4.79 Å². The van der Waals surface area contributed by atoms with Crippen LogP contribution in [0.5, 0.6) is 0 Å². The summed E-state index contributed by atoms with van der Waals surface area (Å²) in [5.74, 6) is 0.339. The number of hydrogen-bond acceptors (Lipinski definition) is 1. The van der Waals surface area contributed by atoms with Gasteiger partial charge in [0.2, 0.25) is 0 Å². The topological polar surface area (TPSA) is 17.1 Å². The molecule has 0 saturated carbocycles. The Morgan fingerprint density at radius 3 is 2.45 bits per heavy atom. The van der Waals surface area contributed by atoms with E-state index in [2.05, 4.69) is 13.5 Å². The largest absolute Gasteiger partial charge is 0.299 e. The summed E-state index contributed by atoms with van der Waals surface area (Å²) >= 11 is 0. The van der Waals surface area contributed by atoms with Crippen molar-refractivity contribution in [3.8, 4) is 0 Å². The predicted molar refractivity (Wildman–Crippen MR) is 48.6 cm³/mol. The number of carbonyl (C=O) groups excluding carboxylic acids is 1. The van der Waals surface area contributed by atoms with E-state index in [0.717, 1.165) is 18.4 Å². The number of ketones is 1. The minimum atomic E-state index is 0.339. The van der Waals surface area contributed by atoms with Crippen LogP contribution in [0.2, 0.25) is 0 Å². The van der Waals surface area contributed by atoms with Gasteiger partial charge in [-0.25, -0.2) is 0 Å². The van der Waals surface area contributed by atoms with E-state index in [4.69, 9.17) is 0 Å². The van der Waals surface area contributed by atoms with E-state index >= 15 is 0 Å². The lowest BCUT2D eigenvalue weighted by atomic mass is 10.1. The highest BCUT2D eigenvalue weighted by Gasteiger charge is 2.00. The van der Waals surface area contributed by atoms with E-state index < -0.39 is 0 Å². The van der Waals surface area contributed by atoms with Gasteiger partial charge < -0.3 is 0 Å². The molecule has 0 aliphatic heterocycles. The molecule has 0 amide bonds.